The molecule has 1 rings (SSSR count). The quantitative estimate of drug-likeness (QED) is 0.549. The number of amides is 1. The number of hydrogen-bond donors (Lipinski definition) is 3. The summed E-state index contributed by atoms with van der Waals surface area (Å²) in [6.07, 6.45) is 2.42. The lowest BCUT2D eigenvalue weighted by Crippen LogP contribution is -2.38. The molecule has 6 heteroatoms. The van der Waals surface area contributed by atoms with E-state index in [-0.39, 0.29) is 0 Å². The van der Waals surface area contributed by atoms with E-state index < -0.39 is 18.4 Å². The maximum Gasteiger partial charge on any atom is 0.322 e. The zero-order valence-electron chi connectivity index (χ0n) is 7.37. The van der Waals surface area contributed by atoms with E-state index in [2.05, 4.69) is 10.6 Å². The van der Waals surface area contributed by atoms with Gasteiger partial charge >= 0.3 is 5.97 Å². The minimum atomic E-state index is -1.08. The number of carbonyl (C=O) groups excluding carboxylic acids is 1. The normalized spacial score (nSPS) is 15.4. The molecule has 76 valence electrons. The van der Waals surface area contributed by atoms with Crippen LogP contribution in [0.1, 0.15) is 6.42 Å². The van der Waals surface area contributed by atoms with Gasteiger partial charge in [0.1, 0.15) is 11.5 Å². The molecule has 3 N–H and O–H groups in total. The fourth-order valence-electron chi connectivity index (χ4n) is 1.04. The number of aliphatic carboxylic acids is 1. The van der Waals surface area contributed by atoms with E-state index in [0.29, 0.717) is 17.1 Å². The predicted octanol–water partition coefficient (Wildman–Crippen LogP) is -0.566. The summed E-state index contributed by atoms with van der Waals surface area (Å²) in [6, 6.07) is 0. The summed E-state index contributed by atoms with van der Waals surface area (Å²) in [7, 11) is 0. The Morgan fingerprint density at radius 3 is 2.93 bits per heavy atom. The largest absolute Gasteiger partial charge is 0.480 e. The van der Waals surface area contributed by atoms with Gasteiger partial charge in [0, 0.05) is 6.54 Å². The van der Waals surface area contributed by atoms with Gasteiger partial charge in [-0.1, -0.05) is 18.3 Å². The fraction of sp³-hybridized carbons (Fsp3) is 0.375. The second kappa shape index (κ2) is 4.71. The van der Waals surface area contributed by atoms with Crippen LogP contribution in [-0.4, -0.2) is 35.1 Å². The monoisotopic (exact) mass is 214 g/mol. The predicted molar refractivity (Wildman–Crippen MR) is 53.9 cm³/mol. The molecular formula is C8H10N2O3S. The fourth-order valence-corrected chi connectivity index (χ4v) is 1.32. The van der Waals surface area contributed by atoms with Crippen LogP contribution in [0.5, 0.6) is 0 Å². The van der Waals surface area contributed by atoms with E-state index in [1.165, 1.54) is 0 Å². The number of carboxylic acid groups (broad SMARTS) is 1. The Hall–Kier alpha value is -1.43. The average molecular weight is 214 g/mol. The van der Waals surface area contributed by atoms with Crippen LogP contribution in [0.3, 0.4) is 0 Å². The van der Waals surface area contributed by atoms with Crippen molar-refractivity contribution in [1.29, 1.82) is 0 Å². The zero-order chi connectivity index (χ0) is 10.6. The maximum atomic E-state index is 11.3. The van der Waals surface area contributed by atoms with Crippen molar-refractivity contribution in [2.45, 2.75) is 6.42 Å². The van der Waals surface area contributed by atoms with E-state index in [1.54, 1.807) is 6.08 Å². The molecule has 1 amide bonds. The molecule has 0 spiro atoms. The van der Waals surface area contributed by atoms with E-state index in [0.717, 1.165) is 6.42 Å². The van der Waals surface area contributed by atoms with Crippen LogP contribution >= 0.6 is 12.2 Å². The van der Waals surface area contributed by atoms with Crippen molar-refractivity contribution < 1.29 is 14.7 Å². The average Bonchev–Trinajstić information content (AvgIpc) is 2.15. The first-order valence-corrected chi connectivity index (χ1v) is 4.50. The summed E-state index contributed by atoms with van der Waals surface area (Å²) in [6.45, 7) is 0.327. The molecule has 0 unspecified atom stereocenters. The van der Waals surface area contributed by atoms with Crippen molar-refractivity contribution >= 4 is 29.1 Å². The van der Waals surface area contributed by atoms with E-state index in [9.17, 15) is 9.59 Å². The van der Waals surface area contributed by atoms with Crippen molar-refractivity contribution in [2.24, 2.45) is 0 Å². The van der Waals surface area contributed by atoms with Crippen molar-refractivity contribution in [1.82, 2.24) is 10.6 Å². The third-order valence-corrected chi connectivity index (χ3v) is 2.03. The van der Waals surface area contributed by atoms with Crippen molar-refractivity contribution in [3.05, 3.63) is 11.6 Å². The van der Waals surface area contributed by atoms with Gasteiger partial charge < -0.3 is 15.7 Å². The minimum Gasteiger partial charge on any atom is -0.480 e. The van der Waals surface area contributed by atoms with Crippen LogP contribution in [0.15, 0.2) is 11.6 Å². The smallest absolute Gasteiger partial charge is 0.322 e. The third kappa shape index (κ3) is 2.81. The lowest BCUT2D eigenvalue weighted by atomic mass is 10.1. The topological polar surface area (TPSA) is 78.4 Å². The van der Waals surface area contributed by atoms with Crippen LogP contribution < -0.4 is 10.6 Å². The minimum absolute atomic E-state index is 0.354. The number of carbonyl (C=O) groups is 2. The van der Waals surface area contributed by atoms with Crippen LogP contribution in [0.4, 0.5) is 0 Å². The van der Waals surface area contributed by atoms with E-state index in [1.807, 2.05) is 0 Å². The number of rotatable bonds is 3. The molecule has 1 heterocycles. The first-order chi connectivity index (χ1) is 6.61. The lowest BCUT2D eigenvalue weighted by Gasteiger charge is -2.15. The Balaban J connectivity index is 2.55. The zero-order valence-corrected chi connectivity index (χ0v) is 8.19. The summed E-state index contributed by atoms with van der Waals surface area (Å²) in [5.41, 5.74) is 0.354. The molecule has 0 aromatic heterocycles. The molecule has 0 saturated carbocycles. The highest BCUT2D eigenvalue weighted by molar-refractivity contribution is 7.80. The Morgan fingerprint density at radius 2 is 2.36 bits per heavy atom. The second-order valence-electron chi connectivity index (χ2n) is 2.74. The number of thiocarbonyl (C=S) groups is 1. The van der Waals surface area contributed by atoms with Gasteiger partial charge in [-0.2, -0.15) is 0 Å². The highest BCUT2D eigenvalue weighted by atomic mass is 32.1. The molecule has 0 atom stereocenters. The Morgan fingerprint density at radius 1 is 1.64 bits per heavy atom. The van der Waals surface area contributed by atoms with Gasteiger partial charge in [-0.15, -0.1) is 0 Å². The van der Waals surface area contributed by atoms with Crippen LogP contribution in [0, 0.1) is 0 Å². The summed E-state index contributed by atoms with van der Waals surface area (Å²) in [5.74, 6) is -1.52. The number of nitrogens with one attached hydrogen (secondary N) is 2. The number of hydrogen-bond acceptors (Lipinski definition) is 3. The van der Waals surface area contributed by atoms with Gasteiger partial charge in [0.2, 0.25) is 0 Å². The molecule has 1 aliphatic heterocycles. The molecule has 14 heavy (non-hydrogen) atoms. The molecule has 0 aromatic carbocycles. The van der Waals surface area contributed by atoms with E-state index >= 15 is 0 Å². The summed E-state index contributed by atoms with van der Waals surface area (Å²) >= 11 is 4.90. The molecule has 0 aromatic rings. The molecule has 5 nitrogen and oxygen atoms in total. The molecular weight excluding hydrogens is 204 g/mol. The van der Waals surface area contributed by atoms with Gasteiger partial charge in [0.25, 0.3) is 5.91 Å². The van der Waals surface area contributed by atoms with Crippen molar-refractivity contribution in [3.63, 3.8) is 0 Å². The van der Waals surface area contributed by atoms with Crippen molar-refractivity contribution in [3.8, 4) is 0 Å². The van der Waals surface area contributed by atoms with Crippen LogP contribution in [-0.2, 0) is 9.59 Å². The van der Waals surface area contributed by atoms with Crippen LogP contribution in [0.2, 0.25) is 0 Å². The highest BCUT2D eigenvalue weighted by Gasteiger charge is 2.17. The van der Waals surface area contributed by atoms with Gasteiger partial charge in [0.05, 0.1) is 5.57 Å². The van der Waals surface area contributed by atoms with E-state index in [4.69, 9.17) is 17.3 Å². The molecule has 1 aliphatic rings. The summed E-state index contributed by atoms with van der Waals surface area (Å²) < 4.78 is 0. The summed E-state index contributed by atoms with van der Waals surface area (Å²) in [5, 5.41) is 13.4. The van der Waals surface area contributed by atoms with Gasteiger partial charge in [0.15, 0.2) is 0 Å². The third-order valence-electron chi connectivity index (χ3n) is 1.67. The molecule has 0 fully saturated rings. The molecule has 0 aliphatic carbocycles. The lowest BCUT2D eigenvalue weighted by molar-refractivity contribution is -0.137. The maximum absolute atomic E-state index is 11.3. The number of carboxylic acids is 1. The first kappa shape index (κ1) is 10.6. The second-order valence-corrected chi connectivity index (χ2v) is 3.15. The molecule has 0 radical (unpaired) electrons. The highest BCUT2D eigenvalue weighted by Crippen LogP contribution is 2.04. The van der Waals surface area contributed by atoms with Gasteiger partial charge in [-0.3, -0.25) is 9.59 Å². The standard InChI is InChI=1S/C8H10N2O3S/c11-6(12)4-10-7(13)5-2-1-3-9-8(5)14/h2H,1,3-4H2,(H,9,14)(H,10,13)(H,11,12). The van der Waals surface area contributed by atoms with Gasteiger partial charge in [-0.05, 0) is 6.42 Å². The first-order valence-electron chi connectivity index (χ1n) is 4.09. The summed E-state index contributed by atoms with van der Waals surface area (Å²) in [4.78, 5) is 21.9. The van der Waals surface area contributed by atoms with Crippen molar-refractivity contribution in [2.75, 3.05) is 13.1 Å². The van der Waals surface area contributed by atoms with Gasteiger partial charge in [-0.25, -0.2) is 0 Å². The Bertz CT molecular complexity index is 312. The van der Waals surface area contributed by atoms with Crippen LogP contribution in [0.25, 0.3) is 0 Å². The Labute approximate surface area is 86.2 Å². The SMILES string of the molecule is O=C(O)CNC(=O)C1=CCCNC1=S. The molecule has 0 bridgehead atoms. The Kier molecular flexibility index (Phi) is 3.58. The molecule has 0 saturated heterocycles.